The molecular formula is C34H39BN8O7. The third kappa shape index (κ3) is 12.8. The van der Waals surface area contributed by atoms with E-state index < -0.39 is 31.1 Å². The fraction of sp³-hybridized carbons (Fsp3) is 0.147. The highest BCUT2D eigenvalue weighted by atomic mass is 16.4. The number of nitrogens with zero attached hydrogens (tertiary/aromatic N) is 1. The number of carbonyl (C=O) groups excluding carboxylic acids is 2. The number of nitrogens with one attached hydrogen (secondary N) is 3. The molecule has 4 rings (SSSR count). The standard InChI is InChI=1S/C17H20BN3O4.C17H19N5O3/c1-18(25)21-15(17(23)24)9-11-5-7-14(8-6-11)20-16(22)12-3-2-4-13(19)10-12;18-14(16(24)25)8-10-4-6-12(7-5-10)21-15(23)11-2-1-3-13(9-11)22-17(19)20/h2-8,10,15,21,25H,9,19H2,1H3,(H,20,22)(H,23,24);1-7,9,14H,8,18H2,(H,21,23)(H,24,25)(H4,19,20,22). The summed E-state index contributed by atoms with van der Waals surface area (Å²) in [5.74, 6) is -2.78. The van der Waals surface area contributed by atoms with Crippen LogP contribution in [-0.4, -0.2) is 64.1 Å². The van der Waals surface area contributed by atoms with Crippen molar-refractivity contribution in [3.8, 4) is 0 Å². The average molecular weight is 683 g/mol. The van der Waals surface area contributed by atoms with Crippen molar-refractivity contribution in [2.45, 2.75) is 31.7 Å². The quantitative estimate of drug-likeness (QED) is 0.0420. The minimum Gasteiger partial charge on any atom is -0.480 e. The van der Waals surface area contributed by atoms with E-state index in [2.05, 4.69) is 20.9 Å². The van der Waals surface area contributed by atoms with Gasteiger partial charge >= 0.3 is 19.0 Å². The highest BCUT2D eigenvalue weighted by Crippen LogP contribution is 2.17. The Hall–Kier alpha value is -6.23. The number of benzene rings is 4. The van der Waals surface area contributed by atoms with Crippen molar-refractivity contribution < 1.29 is 34.4 Å². The number of aliphatic carboxylic acids is 2. The molecule has 0 aromatic heterocycles. The first-order valence-corrected chi connectivity index (χ1v) is 15.2. The molecule has 0 spiro atoms. The summed E-state index contributed by atoms with van der Waals surface area (Å²) >= 11 is 0. The largest absolute Gasteiger partial charge is 0.480 e. The van der Waals surface area contributed by atoms with Crippen molar-refractivity contribution in [2.24, 2.45) is 22.2 Å². The van der Waals surface area contributed by atoms with Crippen molar-refractivity contribution in [3.05, 3.63) is 119 Å². The molecule has 0 radical (unpaired) electrons. The highest BCUT2D eigenvalue weighted by molar-refractivity contribution is 6.46. The van der Waals surface area contributed by atoms with Gasteiger partial charge in [0.15, 0.2) is 5.96 Å². The van der Waals surface area contributed by atoms with Crippen molar-refractivity contribution in [1.82, 2.24) is 5.23 Å². The Morgan fingerprint density at radius 1 is 0.740 bits per heavy atom. The molecule has 4 aromatic rings. The van der Waals surface area contributed by atoms with Gasteiger partial charge in [0.1, 0.15) is 12.1 Å². The summed E-state index contributed by atoms with van der Waals surface area (Å²) < 4.78 is 0. The van der Waals surface area contributed by atoms with Gasteiger partial charge in [0.05, 0.1) is 5.69 Å². The number of carbonyl (C=O) groups is 4. The van der Waals surface area contributed by atoms with Crippen LogP contribution < -0.4 is 38.8 Å². The first-order valence-electron chi connectivity index (χ1n) is 15.2. The molecule has 260 valence electrons. The highest BCUT2D eigenvalue weighted by Gasteiger charge is 2.21. The zero-order chi connectivity index (χ0) is 36.8. The van der Waals surface area contributed by atoms with Gasteiger partial charge in [0.2, 0.25) is 0 Å². The van der Waals surface area contributed by atoms with Crippen LogP contribution in [0.1, 0.15) is 31.8 Å². The van der Waals surface area contributed by atoms with E-state index in [1.165, 1.54) is 6.82 Å². The minimum atomic E-state index is -1.06. The molecule has 0 bridgehead atoms. The molecule has 0 aliphatic rings. The third-order valence-electron chi connectivity index (χ3n) is 6.89. The predicted octanol–water partition coefficient (Wildman–Crippen LogP) is 2.01. The molecule has 2 unspecified atom stereocenters. The Kier molecular flexibility index (Phi) is 14.0. The Morgan fingerprint density at radius 2 is 1.24 bits per heavy atom. The van der Waals surface area contributed by atoms with Crippen LogP contribution in [0.2, 0.25) is 6.82 Å². The molecule has 0 aliphatic carbocycles. The number of carboxylic acids is 2. The summed E-state index contributed by atoms with van der Waals surface area (Å²) in [6.07, 6.45) is 0.424. The second-order valence-corrected chi connectivity index (χ2v) is 11.1. The summed E-state index contributed by atoms with van der Waals surface area (Å²) in [6, 6.07) is 25.0. The number of carboxylic acid groups (broad SMARTS) is 2. The summed E-state index contributed by atoms with van der Waals surface area (Å²) in [6.45, 7) is 1.46. The van der Waals surface area contributed by atoms with E-state index in [4.69, 9.17) is 33.1 Å². The lowest BCUT2D eigenvalue weighted by Crippen LogP contribution is -2.46. The van der Waals surface area contributed by atoms with Crippen LogP contribution in [-0.2, 0) is 22.4 Å². The Bertz CT molecular complexity index is 1820. The van der Waals surface area contributed by atoms with E-state index in [1.54, 1.807) is 97.1 Å². The summed E-state index contributed by atoms with van der Waals surface area (Å²) in [7, 11) is -0.919. The molecule has 15 nitrogen and oxygen atoms in total. The van der Waals surface area contributed by atoms with Gasteiger partial charge in [-0.3, -0.25) is 19.2 Å². The van der Waals surface area contributed by atoms with E-state index in [0.29, 0.717) is 33.9 Å². The number of nitrogen functional groups attached to an aromatic ring is 1. The Labute approximate surface area is 288 Å². The normalized spacial score (nSPS) is 11.5. The lowest BCUT2D eigenvalue weighted by molar-refractivity contribution is -0.139. The molecular weight excluding hydrogens is 643 g/mol. The number of nitrogens with two attached hydrogens (primary N) is 4. The van der Waals surface area contributed by atoms with E-state index in [0.717, 1.165) is 11.1 Å². The molecule has 0 fully saturated rings. The van der Waals surface area contributed by atoms with Gasteiger partial charge in [-0.05, 0) is 91.5 Å². The van der Waals surface area contributed by atoms with E-state index in [9.17, 15) is 24.2 Å². The third-order valence-corrected chi connectivity index (χ3v) is 6.89. The summed E-state index contributed by atoms with van der Waals surface area (Å²) in [5.41, 5.74) is 26.3. The van der Waals surface area contributed by atoms with Crippen LogP contribution in [0.3, 0.4) is 0 Å². The topological polar surface area (TPSA) is 282 Å². The summed E-state index contributed by atoms with van der Waals surface area (Å²) in [5, 5.41) is 35.3. The molecule has 4 aromatic carbocycles. The Morgan fingerprint density at radius 3 is 1.70 bits per heavy atom. The van der Waals surface area contributed by atoms with Gasteiger partial charge in [-0.25, -0.2) is 4.99 Å². The maximum atomic E-state index is 12.3. The van der Waals surface area contributed by atoms with Crippen LogP contribution in [0.5, 0.6) is 0 Å². The van der Waals surface area contributed by atoms with Crippen molar-refractivity contribution in [2.75, 3.05) is 16.4 Å². The van der Waals surface area contributed by atoms with Crippen LogP contribution in [0.25, 0.3) is 0 Å². The van der Waals surface area contributed by atoms with E-state index in [1.807, 2.05) is 0 Å². The number of hydrogen-bond donors (Lipinski definition) is 10. The van der Waals surface area contributed by atoms with Gasteiger partial charge < -0.3 is 54.0 Å². The first kappa shape index (κ1) is 38.2. The minimum absolute atomic E-state index is 0.0901. The van der Waals surface area contributed by atoms with E-state index >= 15 is 0 Å². The molecule has 14 N–H and O–H groups in total. The van der Waals surface area contributed by atoms with Crippen LogP contribution in [0.15, 0.2) is 102 Å². The second kappa shape index (κ2) is 18.4. The monoisotopic (exact) mass is 682 g/mol. The van der Waals surface area contributed by atoms with Crippen molar-refractivity contribution in [3.63, 3.8) is 0 Å². The van der Waals surface area contributed by atoms with Gasteiger partial charge in [-0.2, -0.15) is 0 Å². The molecule has 16 heteroatoms. The van der Waals surface area contributed by atoms with Gasteiger partial charge in [-0.15, -0.1) is 0 Å². The van der Waals surface area contributed by atoms with Crippen LogP contribution >= 0.6 is 0 Å². The smallest absolute Gasteiger partial charge is 0.374 e. The maximum Gasteiger partial charge on any atom is 0.374 e. The van der Waals surface area contributed by atoms with Crippen LogP contribution in [0.4, 0.5) is 22.7 Å². The molecule has 0 aliphatic heterocycles. The summed E-state index contributed by atoms with van der Waals surface area (Å²) in [4.78, 5) is 50.3. The SMILES string of the molecule is CB(O)NC(Cc1ccc(NC(=O)c2cccc(N)c2)cc1)C(=O)O.NC(N)=Nc1cccc(C(=O)Nc2ccc(CC(N)C(=O)O)cc2)c1. The maximum absolute atomic E-state index is 12.3. The van der Waals surface area contributed by atoms with E-state index in [-0.39, 0.29) is 30.6 Å². The first-order chi connectivity index (χ1) is 23.7. The zero-order valence-corrected chi connectivity index (χ0v) is 27.1. The van der Waals surface area contributed by atoms with Crippen molar-refractivity contribution >= 4 is 59.5 Å². The van der Waals surface area contributed by atoms with Crippen molar-refractivity contribution in [1.29, 1.82) is 0 Å². The van der Waals surface area contributed by atoms with Gasteiger partial charge in [-0.1, -0.05) is 36.4 Å². The zero-order valence-electron chi connectivity index (χ0n) is 27.1. The van der Waals surface area contributed by atoms with Gasteiger partial charge in [0.25, 0.3) is 11.8 Å². The fourth-order valence-electron chi connectivity index (χ4n) is 4.49. The number of guanidine groups is 1. The lowest BCUT2D eigenvalue weighted by Gasteiger charge is -2.15. The lowest BCUT2D eigenvalue weighted by atomic mass is 9.86. The molecule has 2 amide bonds. The number of aliphatic imine (C=N–C) groups is 1. The molecule has 0 saturated heterocycles. The number of amides is 2. The molecule has 2 atom stereocenters. The number of anilines is 3. The molecule has 0 saturated carbocycles. The predicted molar refractivity (Wildman–Crippen MR) is 193 cm³/mol. The molecule has 50 heavy (non-hydrogen) atoms. The van der Waals surface area contributed by atoms with Gasteiger partial charge in [0, 0.05) is 28.2 Å². The Balaban J connectivity index is 0.000000270. The fourth-order valence-corrected chi connectivity index (χ4v) is 4.49. The van der Waals surface area contributed by atoms with Crippen LogP contribution in [0, 0.1) is 0 Å². The second-order valence-electron chi connectivity index (χ2n) is 11.1. The number of rotatable bonds is 13. The molecule has 0 heterocycles. The number of hydrogen-bond acceptors (Lipinski definition) is 9. The average Bonchev–Trinajstić information content (AvgIpc) is 3.06.